The Morgan fingerprint density at radius 2 is 0.969 bits per heavy atom. The first-order valence-corrected chi connectivity index (χ1v) is 23.0. The van der Waals surface area contributed by atoms with Crippen LogP contribution in [0, 0.1) is 27.7 Å². The summed E-state index contributed by atoms with van der Waals surface area (Å²) in [5.74, 6) is 3.75. The van der Waals surface area contributed by atoms with Gasteiger partial charge in [-0.15, -0.1) is 0 Å². The molecule has 0 radical (unpaired) electrons. The van der Waals surface area contributed by atoms with Crippen LogP contribution in [0.1, 0.15) is 116 Å². The van der Waals surface area contributed by atoms with E-state index in [1.54, 1.807) is 9.80 Å². The fourth-order valence-electron chi connectivity index (χ4n) is 9.95. The minimum Gasteiger partial charge on any atom is -0.490 e. The van der Waals surface area contributed by atoms with Gasteiger partial charge in [0.15, 0.2) is 0 Å². The second-order valence-corrected chi connectivity index (χ2v) is 18.4. The molecule has 10 rings (SSSR count). The van der Waals surface area contributed by atoms with Crippen molar-refractivity contribution in [3.63, 3.8) is 0 Å². The van der Waals surface area contributed by atoms with Crippen LogP contribution in [0.5, 0.6) is 11.5 Å². The van der Waals surface area contributed by atoms with Crippen LogP contribution in [-0.2, 0) is 49.0 Å². The Morgan fingerprint density at radius 1 is 0.594 bits per heavy atom. The van der Waals surface area contributed by atoms with Crippen molar-refractivity contribution in [3.05, 3.63) is 103 Å². The molecule has 0 unspecified atom stereocenters. The second-order valence-electron chi connectivity index (χ2n) is 18.4. The lowest BCUT2D eigenvalue weighted by Crippen LogP contribution is -2.39. The van der Waals surface area contributed by atoms with E-state index in [1.165, 1.54) is 22.3 Å². The molecule has 2 amide bonds. The summed E-state index contributed by atoms with van der Waals surface area (Å²) in [4.78, 5) is 43.7. The third-order valence-electron chi connectivity index (χ3n) is 14.3. The summed E-state index contributed by atoms with van der Waals surface area (Å²) in [6, 6.07) is 12.1. The first-order chi connectivity index (χ1) is 30.9. The Balaban J connectivity index is 0.000000162. The van der Waals surface area contributed by atoms with Crippen molar-refractivity contribution < 1.29 is 38.7 Å². The molecule has 2 N–H and O–H groups in total. The number of carbonyl (C=O) groups is 2. The van der Waals surface area contributed by atoms with E-state index in [1.807, 2.05) is 39.8 Å². The lowest BCUT2D eigenvalue weighted by molar-refractivity contribution is 0.0637. The largest absolute Gasteiger partial charge is 0.490 e. The van der Waals surface area contributed by atoms with Gasteiger partial charge in [0.1, 0.15) is 35.3 Å². The summed E-state index contributed by atoms with van der Waals surface area (Å²) in [7, 11) is 0. The molecule has 14 heteroatoms. The number of aromatic nitrogens is 2. The van der Waals surface area contributed by atoms with E-state index < -0.39 is 0 Å². The number of nitrogens with zero attached hydrogens (tertiary/aromatic N) is 6. The number of aliphatic hydroxyl groups excluding tert-OH is 2. The topological polar surface area (TPSA) is 150 Å². The van der Waals surface area contributed by atoms with E-state index in [0.717, 1.165) is 109 Å². The maximum absolute atomic E-state index is 12.9. The number of pyridine rings is 2. The Bertz CT molecular complexity index is 2260. The molecular weight excluding hydrogens is 813 g/mol. The SMILES string of the molecule is Cc1c(N2CCC(Oc3ccc4c(c3)COC4)CC2)nc2c(c1C)C(=O)N([C@@H](C)CO)C2.Cc1c(N2CCC(Oc3ccc4c(c3)COC4)CC2)nc2c(c1C)C(=O)N([C@H](C)CO)C2. The average Bonchev–Trinajstić information content (AvgIpc) is 4.12. The van der Waals surface area contributed by atoms with Gasteiger partial charge in [0.25, 0.3) is 11.8 Å². The summed E-state index contributed by atoms with van der Waals surface area (Å²) in [5, 5.41) is 19.0. The molecule has 340 valence electrons. The number of carbonyl (C=O) groups excluding carboxylic acids is 2. The number of aliphatic hydroxyl groups is 2. The molecule has 6 aliphatic rings. The number of rotatable bonds is 10. The summed E-state index contributed by atoms with van der Waals surface area (Å²) >= 11 is 0. The molecule has 0 bridgehead atoms. The Morgan fingerprint density at radius 3 is 1.34 bits per heavy atom. The predicted molar refractivity (Wildman–Crippen MR) is 242 cm³/mol. The van der Waals surface area contributed by atoms with Crippen LogP contribution in [-0.4, -0.2) is 105 Å². The van der Waals surface area contributed by atoms with E-state index in [4.69, 9.17) is 28.9 Å². The monoisotopic (exact) mass is 874 g/mol. The number of anilines is 2. The number of benzene rings is 2. The molecule has 2 aromatic carbocycles. The van der Waals surface area contributed by atoms with Crippen molar-refractivity contribution in [1.82, 2.24) is 19.8 Å². The maximum atomic E-state index is 12.9. The fourth-order valence-corrected chi connectivity index (χ4v) is 9.95. The second kappa shape index (κ2) is 18.3. The third kappa shape index (κ3) is 8.41. The summed E-state index contributed by atoms with van der Waals surface area (Å²) in [6.45, 7) is 18.9. The molecule has 0 saturated carbocycles. The molecular formula is C50H62N6O8. The molecule has 2 aromatic heterocycles. The number of piperidine rings is 2. The Labute approximate surface area is 376 Å². The van der Waals surface area contributed by atoms with Crippen LogP contribution >= 0.6 is 0 Å². The van der Waals surface area contributed by atoms with Crippen molar-refractivity contribution in [2.75, 3.05) is 49.2 Å². The zero-order valence-corrected chi connectivity index (χ0v) is 38.1. The average molecular weight is 875 g/mol. The quantitative estimate of drug-likeness (QED) is 0.186. The van der Waals surface area contributed by atoms with Gasteiger partial charge < -0.3 is 48.8 Å². The zero-order chi connectivity index (χ0) is 44.8. The summed E-state index contributed by atoms with van der Waals surface area (Å²) in [6.07, 6.45) is 4.08. The van der Waals surface area contributed by atoms with E-state index in [9.17, 15) is 19.8 Å². The normalized spacial score (nSPS) is 19.3. The van der Waals surface area contributed by atoms with Gasteiger partial charge in [0, 0.05) is 51.9 Å². The highest BCUT2D eigenvalue weighted by Crippen LogP contribution is 2.36. The highest BCUT2D eigenvalue weighted by Gasteiger charge is 2.37. The molecule has 0 spiro atoms. The molecule has 2 atom stereocenters. The minimum atomic E-state index is -0.210. The number of fused-ring (bicyclic) bond motifs is 4. The Hall–Kier alpha value is -5.28. The number of hydrogen-bond acceptors (Lipinski definition) is 12. The zero-order valence-electron chi connectivity index (χ0n) is 38.1. The smallest absolute Gasteiger partial charge is 0.256 e. The molecule has 14 nitrogen and oxygen atoms in total. The standard InChI is InChI=1S/2C25H31N3O4/c2*1-15(12-29)28-11-22-23(25(28)30)16(2)17(3)24(26-22)27-8-6-20(7-9-27)32-21-5-4-18-13-31-14-19(18)10-21/h2*4-5,10,15,20,29H,6-9,11-14H2,1-3H3/t2*15-/m10/s1. The van der Waals surface area contributed by atoms with Gasteiger partial charge in [-0.1, -0.05) is 12.1 Å². The van der Waals surface area contributed by atoms with Crippen LogP contribution < -0.4 is 19.3 Å². The predicted octanol–water partition coefficient (Wildman–Crippen LogP) is 6.23. The van der Waals surface area contributed by atoms with Crippen molar-refractivity contribution in [2.45, 2.75) is 131 Å². The van der Waals surface area contributed by atoms with Crippen molar-refractivity contribution in [2.24, 2.45) is 0 Å². The molecule has 2 saturated heterocycles. The van der Waals surface area contributed by atoms with Crippen LogP contribution in [0.4, 0.5) is 11.6 Å². The number of hydrogen-bond donors (Lipinski definition) is 2. The van der Waals surface area contributed by atoms with Crippen molar-refractivity contribution >= 4 is 23.5 Å². The fraction of sp³-hybridized carbons (Fsp3) is 0.520. The van der Waals surface area contributed by atoms with E-state index in [2.05, 4.69) is 47.9 Å². The van der Waals surface area contributed by atoms with Gasteiger partial charge in [-0.25, -0.2) is 9.97 Å². The van der Waals surface area contributed by atoms with Gasteiger partial charge in [0.05, 0.1) is 87.3 Å². The number of amides is 2. The summed E-state index contributed by atoms with van der Waals surface area (Å²) < 4.78 is 23.6. The molecule has 64 heavy (non-hydrogen) atoms. The van der Waals surface area contributed by atoms with Gasteiger partial charge >= 0.3 is 0 Å². The highest BCUT2D eigenvalue weighted by atomic mass is 16.5. The lowest BCUT2D eigenvalue weighted by Gasteiger charge is -2.34. The molecule has 2 fully saturated rings. The van der Waals surface area contributed by atoms with Crippen LogP contribution in [0.2, 0.25) is 0 Å². The van der Waals surface area contributed by atoms with Gasteiger partial charge in [-0.3, -0.25) is 9.59 Å². The van der Waals surface area contributed by atoms with Crippen LogP contribution in [0.3, 0.4) is 0 Å². The van der Waals surface area contributed by atoms with Crippen molar-refractivity contribution in [1.29, 1.82) is 0 Å². The van der Waals surface area contributed by atoms with Crippen LogP contribution in [0.25, 0.3) is 0 Å². The highest BCUT2D eigenvalue weighted by molar-refractivity contribution is 6.01. The first kappa shape index (κ1) is 43.9. The van der Waals surface area contributed by atoms with E-state index >= 15 is 0 Å². The Kier molecular flexibility index (Phi) is 12.6. The molecule has 0 aliphatic carbocycles. The first-order valence-electron chi connectivity index (χ1n) is 23.0. The molecule has 6 aliphatic heterocycles. The van der Waals surface area contributed by atoms with Gasteiger partial charge in [0.2, 0.25) is 0 Å². The molecule has 4 aromatic rings. The van der Waals surface area contributed by atoms with E-state index in [0.29, 0.717) is 50.6 Å². The minimum absolute atomic E-state index is 0.0203. The van der Waals surface area contributed by atoms with Crippen LogP contribution in [0.15, 0.2) is 36.4 Å². The maximum Gasteiger partial charge on any atom is 0.256 e. The van der Waals surface area contributed by atoms with Gasteiger partial charge in [-0.2, -0.15) is 0 Å². The number of ether oxygens (including phenoxy) is 4. The van der Waals surface area contributed by atoms with Gasteiger partial charge in [-0.05, 0) is 110 Å². The van der Waals surface area contributed by atoms with Crippen molar-refractivity contribution in [3.8, 4) is 11.5 Å². The molecule has 8 heterocycles. The van der Waals surface area contributed by atoms with E-state index in [-0.39, 0.29) is 49.3 Å². The summed E-state index contributed by atoms with van der Waals surface area (Å²) in [5.41, 5.74) is 12.2. The lowest BCUT2D eigenvalue weighted by atomic mass is 10.0. The third-order valence-corrected chi connectivity index (χ3v) is 14.3.